The molecule has 0 atom stereocenters. The maximum absolute atomic E-state index is 12.9. The lowest BCUT2D eigenvalue weighted by atomic mass is 10.0. The number of amides is 1. The van der Waals surface area contributed by atoms with Gasteiger partial charge in [0.1, 0.15) is 17.0 Å². The molecule has 2 aromatic heterocycles. The molecule has 0 spiro atoms. The number of fused-ring (bicyclic) bond motifs is 1. The molecule has 1 aliphatic heterocycles. The van der Waals surface area contributed by atoms with Crippen molar-refractivity contribution in [2.24, 2.45) is 13.0 Å². The number of nitrogens with zero attached hydrogens (tertiary/aromatic N) is 3. The fourth-order valence-electron chi connectivity index (χ4n) is 3.83. The lowest BCUT2D eigenvalue weighted by Crippen LogP contribution is -2.27. The second-order valence-corrected chi connectivity index (χ2v) is 9.21. The van der Waals surface area contributed by atoms with E-state index in [9.17, 15) is 9.90 Å². The van der Waals surface area contributed by atoms with Gasteiger partial charge in [-0.2, -0.15) is 0 Å². The molecule has 0 radical (unpaired) electrons. The van der Waals surface area contributed by atoms with Crippen molar-refractivity contribution in [1.29, 1.82) is 0 Å². The molecule has 6 nitrogen and oxygen atoms in total. The number of carbonyl (C=O) groups excluding carboxylic acids is 1. The van der Waals surface area contributed by atoms with Gasteiger partial charge >= 0.3 is 0 Å². The van der Waals surface area contributed by atoms with E-state index in [-0.39, 0.29) is 11.7 Å². The van der Waals surface area contributed by atoms with Gasteiger partial charge in [-0.15, -0.1) is 0 Å². The van der Waals surface area contributed by atoms with E-state index in [4.69, 9.17) is 0 Å². The van der Waals surface area contributed by atoms with Crippen LogP contribution in [0.25, 0.3) is 10.9 Å². The number of phenols is 1. The van der Waals surface area contributed by atoms with Gasteiger partial charge in [0.25, 0.3) is 5.91 Å². The van der Waals surface area contributed by atoms with Gasteiger partial charge in [0.15, 0.2) is 0 Å². The maximum Gasteiger partial charge on any atom is 0.268 e. The van der Waals surface area contributed by atoms with E-state index in [1.807, 2.05) is 35.9 Å². The highest BCUT2D eigenvalue weighted by Gasteiger charge is 2.21. The zero-order valence-electron chi connectivity index (χ0n) is 17.7. The summed E-state index contributed by atoms with van der Waals surface area (Å²) in [5.74, 6) is 0.837. The summed E-state index contributed by atoms with van der Waals surface area (Å²) in [5.41, 5.74) is 3.23. The van der Waals surface area contributed by atoms with Gasteiger partial charge in [0, 0.05) is 48.9 Å². The average molecular weight is 425 g/mol. The lowest BCUT2D eigenvalue weighted by Gasteiger charge is -2.28. The molecule has 1 saturated heterocycles. The fraction of sp³-hybridized carbons (Fsp3) is 0.391. The van der Waals surface area contributed by atoms with Gasteiger partial charge in [0.2, 0.25) is 0 Å². The number of phenolic OH excluding ortho intramolecular Hbond substituents is 1. The number of hydrogen-bond donors (Lipinski definition) is 2. The summed E-state index contributed by atoms with van der Waals surface area (Å²) in [6.45, 7) is 6.92. The van der Waals surface area contributed by atoms with Gasteiger partial charge in [-0.1, -0.05) is 19.1 Å². The Bertz CT molecular complexity index is 1070. The molecule has 30 heavy (non-hydrogen) atoms. The van der Waals surface area contributed by atoms with E-state index in [0.29, 0.717) is 17.8 Å². The molecule has 158 valence electrons. The van der Waals surface area contributed by atoms with Gasteiger partial charge in [-0.05, 0) is 61.4 Å². The standard InChI is InChI=1S/C23H28N4O2S/c1-15-8-11-27(12-9-15)30-21-13-19(26(3)16(21)2)23(29)25-14-17-6-7-20(28)22-18(17)5-4-10-24-22/h4-7,10,13,15,28H,8-9,11-12,14H2,1-3H3,(H,25,29). The lowest BCUT2D eigenvalue weighted by molar-refractivity contribution is 0.0942. The van der Waals surface area contributed by atoms with Gasteiger partial charge in [-0.3, -0.25) is 9.78 Å². The summed E-state index contributed by atoms with van der Waals surface area (Å²) in [4.78, 5) is 18.3. The SMILES string of the molecule is Cc1c(SN2CCC(C)CC2)cc(C(=O)NCc2ccc(O)c3ncccc23)n1C. The number of hydrogen-bond acceptors (Lipinski definition) is 5. The Balaban J connectivity index is 1.47. The molecule has 1 aliphatic rings. The van der Waals surface area contributed by atoms with E-state index in [1.165, 1.54) is 12.8 Å². The topological polar surface area (TPSA) is 70.4 Å². The first kappa shape index (κ1) is 20.8. The minimum atomic E-state index is -0.107. The predicted octanol–water partition coefficient (Wildman–Crippen LogP) is 4.26. The molecule has 3 heterocycles. The number of carbonyl (C=O) groups is 1. The second-order valence-electron chi connectivity index (χ2n) is 8.07. The number of piperidine rings is 1. The van der Waals surface area contributed by atoms with E-state index < -0.39 is 0 Å². The van der Waals surface area contributed by atoms with E-state index in [2.05, 4.69) is 28.5 Å². The molecule has 7 heteroatoms. The summed E-state index contributed by atoms with van der Waals surface area (Å²) in [6.07, 6.45) is 4.10. The largest absolute Gasteiger partial charge is 0.506 e. The Morgan fingerprint density at radius 2 is 2.07 bits per heavy atom. The summed E-state index contributed by atoms with van der Waals surface area (Å²) >= 11 is 1.76. The van der Waals surface area contributed by atoms with Crippen LogP contribution in [0, 0.1) is 12.8 Å². The molecule has 2 N–H and O–H groups in total. The predicted molar refractivity (Wildman–Crippen MR) is 121 cm³/mol. The minimum absolute atomic E-state index is 0.107. The quantitative estimate of drug-likeness (QED) is 0.599. The fourth-order valence-corrected chi connectivity index (χ4v) is 4.94. The first-order valence-corrected chi connectivity index (χ1v) is 11.1. The summed E-state index contributed by atoms with van der Waals surface area (Å²) in [6, 6.07) is 9.18. The molecule has 1 fully saturated rings. The molecule has 1 aromatic carbocycles. The maximum atomic E-state index is 12.9. The highest BCUT2D eigenvalue weighted by Crippen LogP contribution is 2.32. The Kier molecular flexibility index (Phi) is 6.01. The smallest absolute Gasteiger partial charge is 0.268 e. The van der Waals surface area contributed by atoms with Crippen LogP contribution in [0.1, 0.15) is 41.5 Å². The molecule has 0 unspecified atom stereocenters. The Morgan fingerprint density at radius 1 is 1.30 bits per heavy atom. The number of nitrogens with one attached hydrogen (secondary N) is 1. The molecule has 0 bridgehead atoms. The van der Waals surface area contributed by atoms with Crippen molar-refractivity contribution in [2.75, 3.05) is 13.1 Å². The minimum Gasteiger partial charge on any atom is -0.506 e. The van der Waals surface area contributed by atoms with Crippen molar-refractivity contribution in [2.45, 2.75) is 38.1 Å². The van der Waals surface area contributed by atoms with E-state index in [0.717, 1.165) is 40.5 Å². The summed E-state index contributed by atoms with van der Waals surface area (Å²) < 4.78 is 4.36. The van der Waals surface area contributed by atoms with Crippen LogP contribution in [0.4, 0.5) is 0 Å². The highest BCUT2D eigenvalue weighted by atomic mass is 32.2. The number of aromatic nitrogens is 2. The van der Waals surface area contributed by atoms with Crippen LogP contribution in [0.2, 0.25) is 0 Å². The molecule has 0 aliphatic carbocycles. The molecule has 3 aromatic rings. The Hall–Kier alpha value is -2.51. The zero-order chi connectivity index (χ0) is 21.3. The number of pyridine rings is 1. The molecule has 1 amide bonds. The van der Waals surface area contributed by atoms with E-state index in [1.54, 1.807) is 24.2 Å². The highest BCUT2D eigenvalue weighted by molar-refractivity contribution is 7.97. The van der Waals surface area contributed by atoms with Crippen LogP contribution in [0.15, 0.2) is 41.4 Å². The van der Waals surface area contributed by atoms with Crippen molar-refractivity contribution in [3.05, 3.63) is 53.5 Å². The molecular weight excluding hydrogens is 396 g/mol. The third-order valence-electron chi connectivity index (χ3n) is 5.97. The first-order valence-electron chi connectivity index (χ1n) is 10.4. The van der Waals surface area contributed by atoms with E-state index >= 15 is 0 Å². The van der Waals surface area contributed by atoms with Gasteiger partial charge in [-0.25, -0.2) is 4.31 Å². The van der Waals surface area contributed by atoms with Crippen molar-refractivity contribution in [3.8, 4) is 5.75 Å². The second kappa shape index (κ2) is 8.70. The van der Waals surface area contributed by atoms with Crippen LogP contribution in [0.5, 0.6) is 5.75 Å². The third kappa shape index (κ3) is 4.18. The third-order valence-corrected chi connectivity index (χ3v) is 7.20. The van der Waals surface area contributed by atoms with Gasteiger partial charge in [0.05, 0.1) is 0 Å². The summed E-state index contributed by atoms with van der Waals surface area (Å²) in [7, 11) is 1.94. The zero-order valence-corrected chi connectivity index (χ0v) is 18.5. The monoisotopic (exact) mass is 424 g/mol. The Morgan fingerprint density at radius 3 is 2.83 bits per heavy atom. The summed E-state index contributed by atoms with van der Waals surface area (Å²) in [5, 5.41) is 13.9. The number of aromatic hydroxyl groups is 1. The van der Waals surface area contributed by atoms with Crippen LogP contribution < -0.4 is 5.32 Å². The average Bonchev–Trinajstić information content (AvgIpc) is 3.03. The van der Waals surface area contributed by atoms with Crippen LogP contribution in [-0.2, 0) is 13.6 Å². The van der Waals surface area contributed by atoms with Crippen molar-refractivity contribution >= 4 is 28.8 Å². The van der Waals surface area contributed by atoms with Crippen LogP contribution in [0.3, 0.4) is 0 Å². The normalized spacial score (nSPS) is 15.6. The van der Waals surface area contributed by atoms with Gasteiger partial charge < -0.3 is 15.0 Å². The van der Waals surface area contributed by atoms with Crippen LogP contribution >= 0.6 is 11.9 Å². The molecular formula is C23H28N4O2S. The molecule has 0 saturated carbocycles. The van der Waals surface area contributed by atoms with Crippen molar-refractivity contribution in [1.82, 2.24) is 19.2 Å². The van der Waals surface area contributed by atoms with Crippen molar-refractivity contribution in [3.63, 3.8) is 0 Å². The van der Waals surface area contributed by atoms with Crippen LogP contribution in [-0.4, -0.2) is 38.0 Å². The first-order chi connectivity index (χ1) is 14.4. The number of benzene rings is 1. The number of rotatable bonds is 5. The Labute approximate surface area is 181 Å². The molecule has 4 rings (SSSR count). The van der Waals surface area contributed by atoms with Crippen molar-refractivity contribution < 1.29 is 9.90 Å².